The van der Waals surface area contributed by atoms with E-state index in [2.05, 4.69) is 10.0 Å². The highest BCUT2D eigenvalue weighted by molar-refractivity contribution is 5.45. The zero-order valence-corrected chi connectivity index (χ0v) is 8.54. The van der Waals surface area contributed by atoms with Gasteiger partial charge >= 0.3 is 0 Å². The van der Waals surface area contributed by atoms with E-state index < -0.39 is 6.10 Å². The van der Waals surface area contributed by atoms with Crippen molar-refractivity contribution in [2.75, 3.05) is 13.3 Å². The Morgan fingerprint density at radius 2 is 2.25 bits per heavy atom. The number of ether oxygens (including phenoxy) is 2. The first-order chi connectivity index (χ1) is 7.81. The summed E-state index contributed by atoms with van der Waals surface area (Å²) >= 11 is 0. The molecular weight excluding hydrogens is 210 g/mol. The minimum absolute atomic E-state index is 0.216. The zero-order chi connectivity index (χ0) is 11.4. The number of azide groups is 1. The molecule has 2 rings (SSSR count). The Bertz CT molecular complexity index is 429. The third kappa shape index (κ3) is 2.18. The lowest BCUT2D eigenvalue weighted by atomic mass is 10.1. The summed E-state index contributed by atoms with van der Waals surface area (Å²) in [5, 5.41) is 13.2. The van der Waals surface area contributed by atoms with E-state index in [1.54, 1.807) is 18.2 Å². The smallest absolute Gasteiger partial charge is 0.231 e. The van der Waals surface area contributed by atoms with Crippen LogP contribution in [0.2, 0.25) is 0 Å². The summed E-state index contributed by atoms with van der Waals surface area (Å²) in [7, 11) is 0. The monoisotopic (exact) mass is 221 g/mol. The zero-order valence-electron chi connectivity index (χ0n) is 8.54. The molecule has 0 fully saturated rings. The third-order valence-corrected chi connectivity index (χ3v) is 2.35. The van der Waals surface area contributed by atoms with Crippen LogP contribution >= 0.6 is 0 Å². The molecule has 0 spiro atoms. The van der Waals surface area contributed by atoms with Crippen LogP contribution in [-0.2, 0) is 0 Å². The summed E-state index contributed by atoms with van der Waals surface area (Å²) in [5.41, 5.74) is 8.85. The van der Waals surface area contributed by atoms with E-state index in [4.69, 9.17) is 15.0 Å². The number of aliphatic hydroxyl groups excluding tert-OH is 1. The molecule has 1 heterocycles. The Balaban J connectivity index is 2.06. The van der Waals surface area contributed by atoms with E-state index in [9.17, 15) is 5.11 Å². The van der Waals surface area contributed by atoms with Crippen LogP contribution in [0.5, 0.6) is 11.5 Å². The lowest BCUT2D eigenvalue weighted by Crippen LogP contribution is -1.99. The van der Waals surface area contributed by atoms with Gasteiger partial charge in [0.25, 0.3) is 0 Å². The molecule has 6 nitrogen and oxygen atoms in total. The van der Waals surface area contributed by atoms with Crippen LogP contribution in [0.25, 0.3) is 10.4 Å². The Morgan fingerprint density at radius 1 is 1.44 bits per heavy atom. The summed E-state index contributed by atoms with van der Waals surface area (Å²) in [4.78, 5) is 2.63. The van der Waals surface area contributed by atoms with Gasteiger partial charge in [-0.15, -0.1) is 0 Å². The average Bonchev–Trinajstić information content (AvgIpc) is 2.76. The van der Waals surface area contributed by atoms with Crippen molar-refractivity contribution in [3.8, 4) is 11.5 Å². The molecule has 1 aliphatic heterocycles. The molecule has 1 unspecified atom stereocenters. The minimum Gasteiger partial charge on any atom is -0.454 e. The Kier molecular flexibility index (Phi) is 3.14. The van der Waals surface area contributed by atoms with Crippen LogP contribution in [0.15, 0.2) is 23.3 Å². The molecule has 84 valence electrons. The quantitative estimate of drug-likeness (QED) is 0.480. The molecule has 0 saturated heterocycles. The summed E-state index contributed by atoms with van der Waals surface area (Å²) in [5.74, 6) is 1.33. The van der Waals surface area contributed by atoms with E-state index >= 15 is 0 Å². The standard InChI is InChI=1S/C10H11N3O3/c11-13-12-4-3-8(14)7-1-2-9-10(5-7)16-6-15-9/h1-2,5,8,14H,3-4,6H2. The van der Waals surface area contributed by atoms with Crippen LogP contribution in [0.3, 0.4) is 0 Å². The average molecular weight is 221 g/mol. The van der Waals surface area contributed by atoms with E-state index in [0.717, 1.165) is 5.56 Å². The van der Waals surface area contributed by atoms with Gasteiger partial charge in [-0.05, 0) is 29.6 Å². The van der Waals surface area contributed by atoms with Crippen molar-refractivity contribution in [3.63, 3.8) is 0 Å². The van der Waals surface area contributed by atoms with Crippen molar-refractivity contribution in [1.29, 1.82) is 0 Å². The fraction of sp³-hybridized carbons (Fsp3) is 0.400. The van der Waals surface area contributed by atoms with Gasteiger partial charge in [0.1, 0.15) is 0 Å². The number of hydrogen-bond acceptors (Lipinski definition) is 4. The Hall–Kier alpha value is -1.91. The van der Waals surface area contributed by atoms with Crippen molar-refractivity contribution in [3.05, 3.63) is 34.2 Å². The summed E-state index contributed by atoms with van der Waals surface area (Å²) in [6.07, 6.45) is -0.260. The van der Waals surface area contributed by atoms with Crippen LogP contribution in [0.1, 0.15) is 18.1 Å². The van der Waals surface area contributed by atoms with Crippen LogP contribution < -0.4 is 9.47 Å². The highest BCUT2D eigenvalue weighted by atomic mass is 16.7. The molecule has 1 aromatic carbocycles. The maximum absolute atomic E-state index is 9.80. The Labute approximate surface area is 92.0 Å². The van der Waals surface area contributed by atoms with Gasteiger partial charge in [0.05, 0.1) is 6.10 Å². The molecule has 1 N–H and O–H groups in total. The normalized spacial score (nSPS) is 14.3. The summed E-state index contributed by atoms with van der Waals surface area (Å²) in [6.45, 7) is 0.486. The highest BCUT2D eigenvalue weighted by Gasteiger charge is 2.16. The molecule has 0 amide bonds. The lowest BCUT2D eigenvalue weighted by molar-refractivity contribution is 0.167. The van der Waals surface area contributed by atoms with Gasteiger partial charge in [0.15, 0.2) is 11.5 Å². The van der Waals surface area contributed by atoms with Gasteiger partial charge in [-0.2, -0.15) is 0 Å². The van der Waals surface area contributed by atoms with Gasteiger partial charge in [-0.3, -0.25) is 0 Å². The molecule has 16 heavy (non-hydrogen) atoms. The third-order valence-electron chi connectivity index (χ3n) is 2.35. The predicted octanol–water partition coefficient (Wildman–Crippen LogP) is 2.15. The van der Waals surface area contributed by atoms with Crippen molar-refractivity contribution in [1.82, 2.24) is 0 Å². The number of hydrogen-bond donors (Lipinski definition) is 1. The second kappa shape index (κ2) is 4.74. The first-order valence-corrected chi connectivity index (χ1v) is 4.89. The molecule has 0 aromatic heterocycles. The van der Waals surface area contributed by atoms with Gasteiger partial charge < -0.3 is 14.6 Å². The maximum Gasteiger partial charge on any atom is 0.231 e. The van der Waals surface area contributed by atoms with Gasteiger partial charge in [-0.25, -0.2) is 0 Å². The number of benzene rings is 1. The second-order valence-corrected chi connectivity index (χ2v) is 3.37. The lowest BCUT2D eigenvalue weighted by Gasteiger charge is -2.09. The van der Waals surface area contributed by atoms with E-state index in [1.165, 1.54) is 0 Å². The Morgan fingerprint density at radius 3 is 3.06 bits per heavy atom. The largest absolute Gasteiger partial charge is 0.454 e. The SMILES string of the molecule is [N-]=[N+]=NCCC(O)c1ccc2c(c1)OCO2. The van der Waals surface area contributed by atoms with Gasteiger partial charge in [0.2, 0.25) is 6.79 Å². The molecule has 0 radical (unpaired) electrons. The van der Waals surface area contributed by atoms with Crippen molar-refractivity contribution in [2.45, 2.75) is 12.5 Å². The van der Waals surface area contributed by atoms with E-state index in [0.29, 0.717) is 17.9 Å². The van der Waals surface area contributed by atoms with Crippen molar-refractivity contribution < 1.29 is 14.6 Å². The minimum atomic E-state index is -0.653. The van der Waals surface area contributed by atoms with Crippen molar-refractivity contribution in [2.24, 2.45) is 5.11 Å². The molecule has 0 bridgehead atoms. The molecule has 1 aromatic rings. The molecule has 1 aliphatic rings. The second-order valence-electron chi connectivity index (χ2n) is 3.37. The number of rotatable bonds is 4. The van der Waals surface area contributed by atoms with E-state index in [1.807, 2.05) is 0 Å². The topological polar surface area (TPSA) is 87.5 Å². The molecule has 0 aliphatic carbocycles. The number of aliphatic hydroxyl groups is 1. The fourth-order valence-corrected chi connectivity index (χ4v) is 1.51. The predicted molar refractivity (Wildman–Crippen MR) is 56.2 cm³/mol. The maximum atomic E-state index is 9.80. The molecule has 1 atom stereocenters. The van der Waals surface area contributed by atoms with Crippen LogP contribution in [0, 0.1) is 0 Å². The highest BCUT2D eigenvalue weighted by Crippen LogP contribution is 2.34. The molecular formula is C10H11N3O3. The number of nitrogens with zero attached hydrogens (tertiary/aromatic N) is 3. The van der Waals surface area contributed by atoms with E-state index in [-0.39, 0.29) is 13.3 Å². The van der Waals surface area contributed by atoms with Crippen LogP contribution in [0.4, 0.5) is 0 Å². The first kappa shape index (κ1) is 10.6. The van der Waals surface area contributed by atoms with Crippen molar-refractivity contribution >= 4 is 0 Å². The van der Waals surface area contributed by atoms with Gasteiger partial charge in [0, 0.05) is 11.5 Å². The first-order valence-electron chi connectivity index (χ1n) is 4.89. The number of fused-ring (bicyclic) bond motifs is 1. The molecule has 6 heteroatoms. The van der Waals surface area contributed by atoms with Gasteiger partial charge in [-0.1, -0.05) is 11.2 Å². The van der Waals surface area contributed by atoms with Crippen LogP contribution in [-0.4, -0.2) is 18.4 Å². The fourth-order valence-electron chi connectivity index (χ4n) is 1.51. The summed E-state index contributed by atoms with van der Waals surface area (Å²) < 4.78 is 10.4. The molecule has 0 saturated carbocycles. The summed E-state index contributed by atoms with van der Waals surface area (Å²) in [6, 6.07) is 5.27.